The summed E-state index contributed by atoms with van der Waals surface area (Å²) in [5.41, 5.74) is 11.4. The van der Waals surface area contributed by atoms with Gasteiger partial charge in [-0.15, -0.1) is 0 Å². The number of nitriles is 2. The van der Waals surface area contributed by atoms with E-state index in [1.165, 1.54) is 0 Å². The topological polar surface area (TPSA) is 56.8 Å². The fourth-order valence-electron chi connectivity index (χ4n) is 5.62. The highest BCUT2D eigenvalue weighted by Gasteiger charge is 2.17. The van der Waals surface area contributed by atoms with Gasteiger partial charge in [-0.1, -0.05) is 97.1 Å². The number of hydrogen-bond donors (Lipinski definition) is 0. The summed E-state index contributed by atoms with van der Waals surface area (Å²) >= 11 is 0. The molecule has 0 spiro atoms. The Morgan fingerprint density at radius 1 is 0.395 bits per heavy atom. The van der Waals surface area contributed by atoms with E-state index in [4.69, 9.17) is 4.74 Å². The maximum absolute atomic E-state index is 9.46. The lowest BCUT2D eigenvalue weighted by molar-refractivity contribution is 0.486. The number of benzene rings is 6. The van der Waals surface area contributed by atoms with Gasteiger partial charge >= 0.3 is 0 Å². The van der Waals surface area contributed by atoms with Crippen molar-refractivity contribution in [3.63, 3.8) is 0 Å². The van der Waals surface area contributed by atoms with Crippen LogP contribution >= 0.6 is 0 Å². The summed E-state index contributed by atoms with van der Waals surface area (Å²) in [5, 5.41) is 18.9. The Balaban J connectivity index is 1.45. The van der Waals surface area contributed by atoms with Gasteiger partial charge < -0.3 is 4.74 Å². The number of rotatable bonds is 2. The molecule has 1 heterocycles. The summed E-state index contributed by atoms with van der Waals surface area (Å²) in [4.78, 5) is 0. The zero-order valence-electron chi connectivity index (χ0n) is 23.2. The molecule has 6 aromatic rings. The quantitative estimate of drug-likeness (QED) is 0.216. The van der Waals surface area contributed by atoms with Crippen molar-refractivity contribution >= 4 is 12.2 Å². The Bertz CT molecular complexity index is 1990. The molecule has 3 heteroatoms. The van der Waals surface area contributed by atoms with Gasteiger partial charge in [0, 0.05) is 11.1 Å². The van der Waals surface area contributed by atoms with Crippen LogP contribution in [0.2, 0.25) is 0 Å². The van der Waals surface area contributed by atoms with Gasteiger partial charge in [-0.3, -0.25) is 0 Å². The normalized spacial score (nSPS) is 12.0. The molecule has 0 saturated carbocycles. The first kappa shape index (κ1) is 25.8. The minimum atomic E-state index is 0.629. The van der Waals surface area contributed by atoms with E-state index < -0.39 is 0 Å². The van der Waals surface area contributed by atoms with E-state index >= 15 is 0 Å². The summed E-state index contributed by atoms with van der Waals surface area (Å²) in [7, 11) is 0. The summed E-state index contributed by atoms with van der Waals surface area (Å²) in [6.45, 7) is 0. The Morgan fingerprint density at radius 3 is 1.30 bits per heavy atom. The molecule has 0 aromatic heterocycles. The molecule has 7 rings (SSSR count). The van der Waals surface area contributed by atoms with Gasteiger partial charge in [0.1, 0.15) is 11.5 Å². The van der Waals surface area contributed by atoms with Gasteiger partial charge in [-0.25, -0.2) is 0 Å². The lowest BCUT2D eigenvalue weighted by Crippen LogP contribution is -1.93. The molecule has 0 saturated heterocycles. The molecule has 3 nitrogen and oxygen atoms in total. The average Bonchev–Trinajstić information content (AvgIpc) is 3.09. The highest BCUT2D eigenvalue weighted by Crippen LogP contribution is 2.43. The summed E-state index contributed by atoms with van der Waals surface area (Å²) in [6.07, 6.45) is 4.31. The third-order valence-electron chi connectivity index (χ3n) is 7.77. The van der Waals surface area contributed by atoms with Crippen molar-refractivity contribution in [1.82, 2.24) is 0 Å². The molecule has 0 N–H and O–H groups in total. The third-order valence-corrected chi connectivity index (χ3v) is 7.77. The Morgan fingerprint density at radius 2 is 0.837 bits per heavy atom. The molecule has 0 aliphatic carbocycles. The molecule has 0 amide bonds. The molecule has 0 bridgehead atoms. The molecule has 1 aliphatic rings. The van der Waals surface area contributed by atoms with Crippen molar-refractivity contribution in [1.29, 1.82) is 10.5 Å². The fraction of sp³-hybridized carbons (Fsp3) is 0. The van der Waals surface area contributed by atoms with E-state index in [1.807, 2.05) is 84.9 Å². The first-order valence-electron chi connectivity index (χ1n) is 14.0. The molecule has 200 valence electrons. The van der Waals surface area contributed by atoms with E-state index in [0.717, 1.165) is 67.1 Å². The van der Waals surface area contributed by atoms with Gasteiger partial charge in [0.05, 0.1) is 23.3 Å². The predicted octanol–water partition coefficient (Wildman–Crippen LogP) is 10.4. The van der Waals surface area contributed by atoms with E-state index in [0.29, 0.717) is 11.1 Å². The van der Waals surface area contributed by atoms with Crippen molar-refractivity contribution < 1.29 is 4.74 Å². The third kappa shape index (κ3) is 4.97. The molecular formula is C40H24N2O. The van der Waals surface area contributed by atoms with Crippen LogP contribution in [0.15, 0.2) is 133 Å². The van der Waals surface area contributed by atoms with Gasteiger partial charge in [0.25, 0.3) is 0 Å². The number of fused-ring (bicyclic) bond motifs is 6. The van der Waals surface area contributed by atoms with Gasteiger partial charge in [-0.2, -0.15) is 10.5 Å². The van der Waals surface area contributed by atoms with E-state index in [2.05, 4.69) is 72.8 Å². The van der Waals surface area contributed by atoms with Gasteiger partial charge in [0.2, 0.25) is 0 Å². The SMILES string of the molecule is N#Cc1cccc(-c2ccc3c(c2)-c2ccccc2Oc2ccccc2-c2cc(-c4cccc(C#N)c4)ccc2/C=C\3)c1. The second-order valence-electron chi connectivity index (χ2n) is 10.4. The Kier molecular flexibility index (Phi) is 6.61. The van der Waals surface area contributed by atoms with Crippen molar-refractivity contribution in [3.05, 3.63) is 156 Å². The molecule has 0 radical (unpaired) electrons. The molecule has 0 unspecified atom stereocenters. The van der Waals surface area contributed by atoms with Crippen LogP contribution in [-0.2, 0) is 0 Å². The second-order valence-corrected chi connectivity index (χ2v) is 10.4. The molecule has 0 fully saturated rings. The largest absolute Gasteiger partial charge is 0.456 e. The van der Waals surface area contributed by atoms with Gasteiger partial charge in [-0.05, 0) is 93.0 Å². The molecule has 6 aromatic carbocycles. The Labute approximate surface area is 250 Å². The second kappa shape index (κ2) is 11.0. The van der Waals surface area contributed by atoms with Crippen molar-refractivity contribution in [2.45, 2.75) is 0 Å². The van der Waals surface area contributed by atoms with Crippen molar-refractivity contribution in [3.8, 4) is 68.1 Å². The van der Waals surface area contributed by atoms with Crippen LogP contribution < -0.4 is 4.74 Å². The van der Waals surface area contributed by atoms with Crippen molar-refractivity contribution in [2.24, 2.45) is 0 Å². The first-order chi connectivity index (χ1) is 21.2. The molecule has 0 atom stereocenters. The van der Waals surface area contributed by atoms with Crippen LogP contribution in [-0.4, -0.2) is 0 Å². The van der Waals surface area contributed by atoms with Crippen LogP contribution in [0.3, 0.4) is 0 Å². The minimum Gasteiger partial charge on any atom is -0.456 e. The van der Waals surface area contributed by atoms with E-state index in [1.54, 1.807) is 0 Å². The standard InChI is InChI=1S/C40H24N2O/c41-25-27-7-5-9-31(21-27)33-19-17-29-15-16-30-18-20-34(32-10-6-8-28(22-32)26-42)24-38(30)36-12-2-4-14-40(36)43-39-13-3-1-11-35(39)37(29)23-33/h1-24H/b16-15-. The minimum absolute atomic E-state index is 0.629. The maximum Gasteiger partial charge on any atom is 0.135 e. The van der Waals surface area contributed by atoms with Crippen LogP contribution in [0, 0.1) is 22.7 Å². The predicted molar refractivity (Wildman–Crippen MR) is 173 cm³/mol. The molecule has 43 heavy (non-hydrogen) atoms. The summed E-state index contributed by atoms with van der Waals surface area (Å²) < 4.78 is 6.74. The van der Waals surface area contributed by atoms with E-state index in [-0.39, 0.29) is 0 Å². The van der Waals surface area contributed by atoms with Crippen LogP contribution in [0.1, 0.15) is 22.3 Å². The fourth-order valence-corrected chi connectivity index (χ4v) is 5.62. The van der Waals surface area contributed by atoms with Crippen LogP contribution in [0.5, 0.6) is 11.5 Å². The first-order valence-corrected chi connectivity index (χ1v) is 14.0. The highest BCUT2D eigenvalue weighted by atomic mass is 16.5. The summed E-state index contributed by atoms with van der Waals surface area (Å²) in [6, 6.07) is 48.9. The zero-order valence-corrected chi connectivity index (χ0v) is 23.2. The van der Waals surface area contributed by atoms with Crippen LogP contribution in [0.4, 0.5) is 0 Å². The Hall–Kier alpha value is -6.16. The maximum atomic E-state index is 9.46. The van der Waals surface area contributed by atoms with E-state index in [9.17, 15) is 10.5 Å². The monoisotopic (exact) mass is 548 g/mol. The average molecular weight is 549 g/mol. The molecule has 1 aliphatic heterocycles. The number of para-hydroxylation sites is 2. The molecular weight excluding hydrogens is 524 g/mol. The number of hydrogen-bond acceptors (Lipinski definition) is 3. The van der Waals surface area contributed by atoms with Crippen molar-refractivity contribution in [2.75, 3.05) is 0 Å². The summed E-state index contributed by atoms with van der Waals surface area (Å²) in [5.74, 6) is 1.52. The number of nitrogens with zero attached hydrogens (tertiary/aromatic N) is 2. The highest BCUT2D eigenvalue weighted by molar-refractivity contribution is 5.91. The zero-order chi connectivity index (χ0) is 29.2. The number of ether oxygens (including phenoxy) is 1. The van der Waals surface area contributed by atoms with Gasteiger partial charge in [0.15, 0.2) is 0 Å². The lowest BCUT2D eigenvalue weighted by Gasteiger charge is -2.17. The lowest BCUT2D eigenvalue weighted by atomic mass is 9.92. The van der Waals surface area contributed by atoms with Crippen LogP contribution in [0.25, 0.3) is 56.7 Å². The smallest absolute Gasteiger partial charge is 0.135 e.